The van der Waals surface area contributed by atoms with Crippen LogP contribution in [0.25, 0.3) is 10.6 Å². The molecule has 1 aliphatic rings. The molecule has 1 aromatic carbocycles. The molecule has 1 aliphatic heterocycles. The van der Waals surface area contributed by atoms with Crippen LogP contribution in [0.1, 0.15) is 44.8 Å². The van der Waals surface area contributed by atoms with E-state index in [9.17, 15) is 9.59 Å². The number of amides is 2. The number of nitrogens with zero attached hydrogens (tertiary/aromatic N) is 2. The molecule has 2 amide bonds. The minimum atomic E-state index is -0.252. The standard InChI is InChI=1S/C23H23N3O2S/c1-15-7-5-8-18(23(28)26-12-3-4-13-26)21(15)25-22(27)17-10-11-19(24-16(17)2)20-9-6-14-29-20/h5-11,14H,3-4,12-13H2,1-2H3,(H,25,27). The molecular weight excluding hydrogens is 382 g/mol. The van der Waals surface area contributed by atoms with Gasteiger partial charge in [0.1, 0.15) is 0 Å². The molecule has 1 fully saturated rings. The highest BCUT2D eigenvalue weighted by atomic mass is 32.1. The van der Waals surface area contributed by atoms with Gasteiger partial charge in [0.05, 0.1) is 33.1 Å². The number of pyridine rings is 1. The SMILES string of the molecule is Cc1cccc(C(=O)N2CCCC2)c1NC(=O)c1ccc(-c2cccs2)nc1C. The van der Waals surface area contributed by atoms with Crippen LogP contribution in [0.3, 0.4) is 0 Å². The zero-order valence-corrected chi connectivity index (χ0v) is 17.4. The molecule has 2 aromatic heterocycles. The van der Waals surface area contributed by atoms with Gasteiger partial charge in [-0.05, 0) is 61.9 Å². The lowest BCUT2D eigenvalue weighted by Gasteiger charge is -2.19. The van der Waals surface area contributed by atoms with Gasteiger partial charge < -0.3 is 10.2 Å². The summed E-state index contributed by atoms with van der Waals surface area (Å²) in [4.78, 5) is 33.5. The number of nitrogens with one attached hydrogen (secondary N) is 1. The first-order valence-corrected chi connectivity index (χ1v) is 10.6. The van der Waals surface area contributed by atoms with Crippen molar-refractivity contribution in [1.82, 2.24) is 9.88 Å². The van der Waals surface area contributed by atoms with Crippen molar-refractivity contribution in [3.63, 3.8) is 0 Å². The molecule has 3 heterocycles. The van der Waals surface area contributed by atoms with Crippen LogP contribution in [-0.2, 0) is 0 Å². The van der Waals surface area contributed by atoms with E-state index in [4.69, 9.17) is 0 Å². The predicted molar refractivity (Wildman–Crippen MR) is 117 cm³/mol. The van der Waals surface area contributed by atoms with Gasteiger partial charge in [-0.1, -0.05) is 18.2 Å². The van der Waals surface area contributed by atoms with Crippen molar-refractivity contribution < 1.29 is 9.59 Å². The van der Waals surface area contributed by atoms with Crippen molar-refractivity contribution in [2.45, 2.75) is 26.7 Å². The highest BCUT2D eigenvalue weighted by Gasteiger charge is 2.24. The number of aromatic nitrogens is 1. The molecule has 4 rings (SSSR count). The summed E-state index contributed by atoms with van der Waals surface area (Å²) in [6.45, 7) is 5.28. The summed E-state index contributed by atoms with van der Waals surface area (Å²) in [5, 5.41) is 4.97. The van der Waals surface area contributed by atoms with Crippen LogP contribution in [0.15, 0.2) is 47.8 Å². The van der Waals surface area contributed by atoms with Crippen LogP contribution in [-0.4, -0.2) is 34.8 Å². The Kier molecular flexibility index (Phi) is 5.45. The molecule has 6 heteroatoms. The number of hydrogen-bond acceptors (Lipinski definition) is 4. The Morgan fingerprint density at radius 2 is 1.79 bits per heavy atom. The summed E-state index contributed by atoms with van der Waals surface area (Å²) in [7, 11) is 0. The van der Waals surface area contributed by atoms with Gasteiger partial charge in [0.2, 0.25) is 0 Å². The van der Waals surface area contributed by atoms with Gasteiger partial charge in [-0.2, -0.15) is 0 Å². The lowest BCUT2D eigenvalue weighted by Crippen LogP contribution is -2.29. The number of carbonyl (C=O) groups is 2. The number of likely N-dealkylation sites (tertiary alicyclic amines) is 1. The van der Waals surface area contributed by atoms with Crippen LogP contribution >= 0.6 is 11.3 Å². The summed E-state index contributed by atoms with van der Waals surface area (Å²) >= 11 is 1.62. The minimum Gasteiger partial charge on any atom is -0.339 e. The van der Waals surface area contributed by atoms with E-state index >= 15 is 0 Å². The Bertz CT molecular complexity index is 1050. The molecule has 0 atom stereocenters. The molecule has 5 nitrogen and oxygen atoms in total. The molecule has 0 bridgehead atoms. The molecule has 0 saturated carbocycles. The van der Waals surface area contributed by atoms with Crippen LogP contribution in [0, 0.1) is 13.8 Å². The normalized spacial score (nSPS) is 13.5. The second-order valence-corrected chi connectivity index (χ2v) is 8.21. The predicted octanol–water partition coefficient (Wildman–Crippen LogP) is 4.92. The van der Waals surface area contributed by atoms with Gasteiger partial charge in [0.25, 0.3) is 11.8 Å². The Morgan fingerprint density at radius 1 is 1.00 bits per heavy atom. The number of thiophene rings is 1. The van der Waals surface area contributed by atoms with E-state index in [2.05, 4.69) is 10.3 Å². The van der Waals surface area contributed by atoms with E-state index in [1.807, 2.05) is 54.5 Å². The summed E-state index contributed by atoms with van der Waals surface area (Å²) in [5.74, 6) is -0.276. The summed E-state index contributed by atoms with van der Waals surface area (Å²) < 4.78 is 0. The van der Waals surface area contributed by atoms with Crippen molar-refractivity contribution in [2.24, 2.45) is 0 Å². The second-order valence-electron chi connectivity index (χ2n) is 7.26. The smallest absolute Gasteiger partial charge is 0.257 e. The van der Waals surface area contributed by atoms with Crippen molar-refractivity contribution in [3.05, 3.63) is 70.2 Å². The van der Waals surface area contributed by atoms with Crippen molar-refractivity contribution in [1.29, 1.82) is 0 Å². The highest BCUT2D eigenvalue weighted by Crippen LogP contribution is 2.26. The van der Waals surface area contributed by atoms with Crippen molar-refractivity contribution in [3.8, 4) is 10.6 Å². The van der Waals surface area contributed by atoms with Crippen LogP contribution in [0.4, 0.5) is 5.69 Å². The molecule has 3 aromatic rings. The molecule has 0 unspecified atom stereocenters. The monoisotopic (exact) mass is 405 g/mol. The number of para-hydroxylation sites is 1. The van der Waals surface area contributed by atoms with Crippen molar-refractivity contribution in [2.75, 3.05) is 18.4 Å². The number of aryl methyl sites for hydroxylation is 2. The third-order valence-corrected chi connectivity index (χ3v) is 6.13. The molecule has 1 N–H and O–H groups in total. The number of rotatable bonds is 4. The molecule has 0 aliphatic carbocycles. The number of anilines is 1. The largest absolute Gasteiger partial charge is 0.339 e. The van der Waals surface area contributed by atoms with E-state index in [1.54, 1.807) is 23.5 Å². The topological polar surface area (TPSA) is 62.3 Å². The number of benzene rings is 1. The van der Waals surface area contributed by atoms with E-state index in [1.165, 1.54) is 0 Å². The Labute approximate surface area is 174 Å². The zero-order chi connectivity index (χ0) is 20.4. The van der Waals surface area contributed by atoms with Crippen LogP contribution in [0.2, 0.25) is 0 Å². The first-order chi connectivity index (χ1) is 14.0. The average molecular weight is 406 g/mol. The van der Waals surface area contributed by atoms with Gasteiger partial charge in [0, 0.05) is 13.1 Å². The first kappa shape index (κ1) is 19.3. The fourth-order valence-electron chi connectivity index (χ4n) is 3.65. The van der Waals surface area contributed by atoms with Gasteiger partial charge in [0.15, 0.2) is 0 Å². The summed E-state index contributed by atoms with van der Waals surface area (Å²) in [5.41, 5.74) is 4.01. The van der Waals surface area contributed by atoms with Gasteiger partial charge in [-0.3, -0.25) is 14.6 Å². The Hall–Kier alpha value is -2.99. The van der Waals surface area contributed by atoms with E-state index < -0.39 is 0 Å². The molecule has 148 valence electrons. The highest BCUT2D eigenvalue weighted by molar-refractivity contribution is 7.13. The number of carbonyl (C=O) groups excluding carboxylic acids is 2. The number of hydrogen-bond donors (Lipinski definition) is 1. The molecule has 0 radical (unpaired) electrons. The molecular formula is C23H23N3O2S. The molecule has 1 saturated heterocycles. The molecule has 29 heavy (non-hydrogen) atoms. The average Bonchev–Trinajstić information content (AvgIpc) is 3.43. The van der Waals surface area contributed by atoms with Gasteiger partial charge in [-0.15, -0.1) is 11.3 Å². The first-order valence-electron chi connectivity index (χ1n) is 9.76. The molecule has 0 spiro atoms. The fourth-order valence-corrected chi connectivity index (χ4v) is 4.34. The second kappa shape index (κ2) is 8.17. The van der Waals surface area contributed by atoms with E-state index in [0.29, 0.717) is 22.5 Å². The summed E-state index contributed by atoms with van der Waals surface area (Å²) in [6, 6.07) is 13.2. The Balaban J connectivity index is 1.61. The third kappa shape index (κ3) is 3.93. The van der Waals surface area contributed by atoms with Crippen LogP contribution in [0.5, 0.6) is 0 Å². The lowest BCUT2D eigenvalue weighted by molar-refractivity contribution is 0.0794. The maximum absolute atomic E-state index is 13.0. The fraction of sp³-hybridized carbons (Fsp3) is 0.261. The zero-order valence-electron chi connectivity index (χ0n) is 16.6. The minimum absolute atomic E-state index is 0.0237. The Morgan fingerprint density at radius 3 is 2.48 bits per heavy atom. The van der Waals surface area contributed by atoms with Gasteiger partial charge >= 0.3 is 0 Å². The quantitative estimate of drug-likeness (QED) is 0.670. The van der Waals surface area contributed by atoms with Gasteiger partial charge in [-0.25, -0.2) is 0 Å². The van der Waals surface area contributed by atoms with E-state index in [-0.39, 0.29) is 11.8 Å². The van der Waals surface area contributed by atoms with Crippen molar-refractivity contribution >= 4 is 28.8 Å². The maximum atomic E-state index is 13.0. The van der Waals surface area contributed by atoms with E-state index in [0.717, 1.165) is 42.1 Å². The third-order valence-electron chi connectivity index (χ3n) is 5.24. The maximum Gasteiger partial charge on any atom is 0.257 e. The van der Waals surface area contributed by atoms with Crippen LogP contribution < -0.4 is 5.32 Å². The lowest BCUT2D eigenvalue weighted by atomic mass is 10.1. The summed E-state index contributed by atoms with van der Waals surface area (Å²) in [6.07, 6.45) is 2.06.